The second-order valence-corrected chi connectivity index (χ2v) is 7.47. The summed E-state index contributed by atoms with van der Waals surface area (Å²) in [5.74, 6) is 1.02. The van der Waals surface area contributed by atoms with Crippen LogP contribution in [-0.4, -0.2) is 15.0 Å². The zero-order valence-corrected chi connectivity index (χ0v) is 16.1. The summed E-state index contributed by atoms with van der Waals surface area (Å²) >= 11 is 1.45. The summed E-state index contributed by atoms with van der Waals surface area (Å²) in [5, 5.41) is 3.94. The summed E-state index contributed by atoms with van der Waals surface area (Å²) in [6.45, 7) is 0. The molecule has 0 saturated heterocycles. The lowest BCUT2D eigenvalue weighted by Gasteiger charge is -2.11. The molecular formula is C23H16N4OS. The van der Waals surface area contributed by atoms with Crippen LogP contribution in [0.4, 0.5) is 5.69 Å². The quantitative estimate of drug-likeness (QED) is 0.393. The van der Waals surface area contributed by atoms with Gasteiger partial charge in [0.15, 0.2) is 0 Å². The van der Waals surface area contributed by atoms with Gasteiger partial charge in [-0.05, 0) is 35.0 Å². The summed E-state index contributed by atoms with van der Waals surface area (Å²) in [6.07, 6.45) is 3.25. The van der Waals surface area contributed by atoms with E-state index >= 15 is 0 Å². The smallest absolute Gasteiger partial charge is 0.247 e. The van der Waals surface area contributed by atoms with Crippen LogP contribution >= 0.6 is 11.8 Å². The molecule has 0 bridgehead atoms. The number of nitrogen functional groups attached to an aromatic ring is 1. The fourth-order valence-corrected chi connectivity index (χ4v) is 4.05. The number of aromatic nitrogens is 3. The molecule has 6 heteroatoms. The molecule has 0 aliphatic heterocycles. The number of pyridine rings is 1. The lowest BCUT2D eigenvalue weighted by molar-refractivity contribution is 0.463. The van der Waals surface area contributed by atoms with Crippen molar-refractivity contribution in [1.29, 1.82) is 0 Å². The van der Waals surface area contributed by atoms with E-state index in [1.54, 1.807) is 6.20 Å². The maximum atomic E-state index is 6.34. The van der Waals surface area contributed by atoms with E-state index in [9.17, 15) is 0 Å². The summed E-state index contributed by atoms with van der Waals surface area (Å²) in [5.41, 5.74) is 7.66. The fraction of sp³-hybridized carbons (Fsp3) is 0. The van der Waals surface area contributed by atoms with Crippen LogP contribution in [0.5, 0.6) is 11.6 Å². The van der Waals surface area contributed by atoms with Crippen LogP contribution in [-0.2, 0) is 0 Å². The molecule has 2 N–H and O–H groups in total. The third-order valence-electron chi connectivity index (χ3n) is 4.55. The maximum absolute atomic E-state index is 6.34. The second-order valence-electron chi connectivity index (χ2n) is 6.44. The zero-order valence-electron chi connectivity index (χ0n) is 15.3. The summed E-state index contributed by atoms with van der Waals surface area (Å²) in [4.78, 5) is 14.0. The molecule has 0 spiro atoms. The van der Waals surface area contributed by atoms with Gasteiger partial charge in [-0.2, -0.15) is 4.98 Å². The Morgan fingerprint density at radius 1 is 0.759 bits per heavy atom. The van der Waals surface area contributed by atoms with Gasteiger partial charge in [-0.1, -0.05) is 60.3 Å². The van der Waals surface area contributed by atoms with Gasteiger partial charge in [0.25, 0.3) is 0 Å². The molecule has 0 aliphatic rings. The molecule has 0 fully saturated rings. The Labute approximate surface area is 171 Å². The molecule has 2 heterocycles. The Kier molecular flexibility index (Phi) is 4.46. The largest absolute Gasteiger partial charge is 0.437 e. The Bertz CT molecular complexity index is 1330. The Morgan fingerprint density at radius 3 is 2.52 bits per heavy atom. The van der Waals surface area contributed by atoms with E-state index in [0.717, 1.165) is 26.6 Å². The topological polar surface area (TPSA) is 73.9 Å². The average Bonchev–Trinajstić information content (AvgIpc) is 2.77. The third-order valence-corrected chi connectivity index (χ3v) is 5.62. The van der Waals surface area contributed by atoms with Gasteiger partial charge in [0.05, 0.1) is 5.52 Å². The first-order chi connectivity index (χ1) is 14.3. The highest BCUT2D eigenvalue weighted by Crippen LogP contribution is 2.38. The van der Waals surface area contributed by atoms with E-state index in [1.165, 1.54) is 18.1 Å². The van der Waals surface area contributed by atoms with Gasteiger partial charge in [-0.25, -0.2) is 4.98 Å². The van der Waals surface area contributed by atoms with Crippen molar-refractivity contribution in [2.75, 3.05) is 5.73 Å². The number of nitrogens with two attached hydrogens (primary N) is 1. The molecule has 0 aliphatic carbocycles. The van der Waals surface area contributed by atoms with Crippen LogP contribution in [0, 0.1) is 0 Å². The highest BCUT2D eigenvalue weighted by Gasteiger charge is 2.14. The molecule has 140 valence electrons. The number of benzene rings is 3. The minimum absolute atomic E-state index is 0.339. The maximum Gasteiger partial charge on any atom is 0.247 e. The van der Waals surface area contributed by atoms with Crippen molar-refractivity contribution in [2.24, 2.45) is 0 Å². The summed E-state index contributed by atoms with van der Waals surface area (Å²) in [7, 11) is 0. The van der Waals surface area contributed by atoms with Gasteiger partial charge >= 0.3 is 0 Å². The van der Waals surface area contributed by atoms with E-state index in [-0.39, 0.29) is 0 Å². The number of ether oxygens (including phenoxy) is 1. The Morgan fingerprint density at radius 2 is 1.59 bits per heavy atom. The molecule has 29 heavy (non-hydrogen) atoms. The molecule has 0 amide bonds. The van der Waals surface area contributed by atoms with Crippen LogP contribution in [0.15, 0.2) is 95.2 Å². The lowest BCUT2D eigenvalue weighted by Crippen LogP contribution is -1.99. The van der Waals surface area contributed by atoms with E-state index in [2.05, 4.69) is 21.0 Å². The Balaban J connectivity index is 1.47. The molecule has 0 radical (unpaired) electrons. The molecule has 3 aromatic carbocycles. The minimum atomic E-state index is 0.339. The van der Waals surface area contributed by atoms with Crippen molar-refractivity contribution in [3.63, 3.8) is 0 Å². The van der Waals surface area contributed by atoms with Crippen LogP contribution in [0.2, 0.25) is 0 Å². The molecule has 0 unspecified atom stereocenters. The van der Waals surface area contributed by atoms with Crippen molar-refractivity contribution >= 4 is 39.1 Å². The van der Waals surface area contributed by atoms with Crippen molar-refractivity contribution in [2.45, 2.75) is 9.92 Å². The van der Waals surface area contributed by atoms with Gasteiger partial charge in [0.1, 0.15) is 22.8 Å². The number of anilines is 1. The summed E-state index contributed by atoms with van der Waals surface area (Å²) in [6, 6.07) is 24.0. The van der Waals surface area contributed by atoms with E-state index < -0.39 is 0 Å². The van der Waals surface area contributed by atoms with Crippen molar-refractivity contribution in [3.05, 3.63) is 85.3 Å². The SMILES string of the molecule is Nc1c(Oc2ccc3ccccc3c2)ncnc1Sc1cccc2cccnc12. The molecule has 5 aromatic rings. The lowest BCUT2D eigenvalue weighted by atomic mass is 10.1. The van der Waals surface area contributed by atoms with Crippen LogP contribution in [0.25, 0.3) is 21.7 Å². The normalized spacial score (nSPS) is 11.0. The van der Waals surface area contributed by atoms with E-state index in [1.807, 2.05) is 66.7 Å². The van der Waals surface area contributed by atoms with Crippen LogP contribution in [0.3, 0.4) is 0 Å². The van der Waals surface area contributed by atoms with Crippen LogP contribution < -0.4 is 10.5 Å². The molecule has 0 saturated carbocycles. The molecule has 2 aromatic heterocycles. The number of hydrogen-bond acceptors (Lipinski definition) is 6. The first kappa shape index (κ1) is 17.5. The Hall–Kier alpha value is -3.64. The molecule has 5 rings (SSSR count). The predicted molar refractivity (Wildman–Crippen MR) is 116 cm³/mol. The highest BCUT2D eigenvalue weighted by molar-refractivity contribution is 7.99. The van der Waals surface area contributed by atoms with Gasteiger partial charge < -0.3 is 10.5 Å². The standard InChI is InChI=1S/C23H16N4OS/c24-20-22(28-18-11-10-15-5-1-2-6-17(15)13-18)26-14-27-23(20)29-19-9-3-7-16-8-4-12-25-21(16)19/h1-14H,24H2. The van der Waals surface area contributed by atoms with Crippen molar-refractivity contribution in [1.82, 2.24) is 15.0 Å². The zero-order chi connectivity index (χ0) is 19.6. The first-order valence-corrected chi connectivity index (χ1v) is 9.88. The second kappa shape index (κ2) is 7.41. The predicted octanol–water partition coefficient (Wildman–Crippen LogP) is 5.70. The number of fused-ring (bicyclic) bond motifs is 2. The number of hydrogen-bond donors (Lipinski definition) is 1. The number of rotatable bonds is 4. The fourth-order valence-electron chi connectivity index (χ4n) is 3.13. The van der Waals surface area contributed by atoms with E-state index in [4.69, 9.17) is 10.5 Å². The monoisotopic (exact) mass is 396 g/mol. The van der Waals surface area contributed by atoms with Gasteiger partial charge in [-0.3, -0.25) is 4.98 Å². The minimum Gasteiger partial charge on any atom is -0.437 e. The van der Waals surface area contributed by atoms with Gasteiger partial charge in [0.2, 0.25) is 5.88 Å². The van der Waals surface area contributed by atoms with E-state index in [0.29, 0.717) is 22.3 Å². The summed E-state index contributed by atoms with van der Waals surface area (Å²) < 4.78 is 5.98. The van der Waals surface area contributed by atoms with Crippen molar-refractivity contribution in [3.8, 4) is 11.6 Å². The van der Waals surface area contributed by atoms with Gasteiger partial charge in [-0.15, -0.1) is 0 Å². The average molecular weight is 396 g/mol. The van der Waals surface area contributed by atoms with Crippen molar-refractivity contribution < 1.29 is 4.74 Å². The highest BCUT2D eigenvalue weighted by atomic mass is 32.2. The van der Waals surface area contributed by atoms with Gasteiger partial charge in [0, 0.05) is 16.5 Å². The first-order valence-electron chi connectivity index (χ1n) is 9.07. The molecule has 5 nitrogen and oxygen atoms in total. The molecule has 0 atom stereocenters. The van der Waals surface area contributed by atoms with Crippen LogP contribution in [0.1, 0.15) is 0 Å². The number of nitrogens with zero attached hydrogens (tertiary/aromatic N) is 3. The molecular weight excluding hydrogens is 380 g/mol. The number of para-hydroxylation sites is 1. The third kappa shape index (κ3) is 3.46.